The van der Waals surface area contributed by atoms with E-state index < -0.39 is 6.04 Å². The fourth-order valence-corrected chi connectivity index (χ4v) is 3.30. The molecule has 0 saturated carbocycles. The summed E-state index contributed by atoms with van der Waals surface area (Å²) in [5, 5.41) is 14.0. The molecule has 1 saturated heterocycles. The van der Waals surface area contributed by atoms with Crippen molar-refractivity contribution in [2.75, 3.05) is 7.05 Å². The third-order valence-electron chi connectivity index (χ3n) is 4.77. The highest BCUT2D eigenvalue weighted by atomic mass is 16.5. The fourth-order valence-electron chi connectivity index (χ4n) is 3.30. The molecule has 0 radical (unpaired) electrons. The van der Waals surface area contributed by atoms with Gasteiger partial charge in [0.25, 0.3) is 0 Å². The van der Waals surface area contributed by atoms with Gasteiger partial charge >= 0.3 is 0 Å². The highest BCUT2D eigenvalue weighted by molar-refractivity contribution is 5.82. The summed E-state index contributed by atoms with van der Waals surface area (Å²) in [6, 6.07) is 13.9. The maximum atomic E-state index is 12.8. The normalized spacial score (nSPS) is 18.9. The number of hydrogen-bond donors (Lipinski definition) is 3. The van der Waals surface area contributed by atoms with E-state index in [1.807, 2.05) is 30.3 Å². The molecule has 2 unspecified atom stereocenters. The second-order valence-corrected chi connectivity index (χ2v) is 6.78. The van der Waals surface area contributed by atoms with Crippen LogP contribution in [0.2, 0.25) is 0 Å². The number of aromatic hydroxyl groups is 1. The van der Waals surface area contributed by atoms with Crippen molar-refractivity contribution in [1.82, 2.24) is 25.9 Å². The summed E-state index contributed by atoms with van der Waals surface area (Å²) >= 11 is 0. The highest BCUT2D eigenvalue weighted by Gasteiger charge is 2.33. The lowest BCUT2D eigenvalue weighted by atomic mass is 10.0. The van der Waals surface area contributed by atoms with Gasteiger partial charge in [-0.05, 0) is 24.6 Å². The zero-order chi connectivity index (χ0) is 19.5. The maximum Gasteiger partial charge on any atom is 0.241 e. The molecule has 0 bridgehead atoms. The second kappa shape index (κ2) is 7.79. The number of phenols is 1. The summed E-state index contributed by atoms with van der Waals surface area (Å²) in [5.74, 6) is 0.730. The van der Waals surface area contributed by atoms with Gasteiger partial charge < -0.3 is 14.5 Å². The molecule has 1 fully saturated rings. The standard InChI is InChI=1S/C20H21N5O3/c1-25(12-13-10-17(24-28-13)15-7-4-5-9-21-15)20(27)18-11-16(22-23-18)14-6-2-3-8-19(14)26/h2-10,16,18,22-23,26H,11-12H2,1H3. The third kappa shape index (κ3) is 3.73. The molecule has 3 N–H and O–H groups in total. The molecule has 3 aromatic rings. The number of nitrogens with one attached hydrogen (secondary N) is 2. The Labute approximate surface area is 162 Å². The Morgan fingerprint density at radius 3 is 2.82 bits per heavy atom. The van der Waals surface area contributed by atoms with Crippen LogP contribution in [0.25, 0.3) is 11.4 Å². The molecule has 4 rings (SSSR count). The first-order chi connectivity index (χ1) is 13.6. The number of hydrogen-bond acceptors (Lipinski definition) is 7. The number of hydrazine groups is 1. The average molecular weight is 379 g/mol. The first kappa shape index (κ1) is 18.1. The van der Waals surface area contributed by atoms with E-state index in [2.05, 4.69) is 21.0 Å². The van der Waals surface area contributed by atoms with Gasteiger partial charge in [0.2, 0.25) is 5.91 Å². The summed E-state index contributed by atoms with van der Waals surface area (Å²) in [7, 11) is 1.72. The van der Waals surface area contributed by atoms with Crippen molar-refractivity contribution >= 4 is 5.91 Å². The van der Waals surface area contributed by atoms with Gasteiger partial charge in [-0.1, -0.05) is 29.4 Å². The van der Waals surface area contributed by atoms with E-state index in [9.17, 15) is 9.90 Å². The molecular formula is C20H21N5O3. The monoisotopic (exact) mass is 379 g/mol. The number of phenolic OH excluding ortho intramolecular Hbond substituents is 1. The number of nitrogens with zero attached hydrogens (tertiary/aromatic N) is 3. The highest BCUT2D eigenvalue weighted by Crippen LogP contribution is 2.29. The summed E-state index contributed by atoms with van der Waals surface area (Å²) in [6.07, 6.45) is 2.23. The molecule has 2 atom stereocenters. The number of benzene rings is 1. The van der Waals surface area contributed by atoms with Crippen molar-refractivity contribution in [2.45, 2.75) is 25.0 Å². The van der Waals surface area contributed by atoms with Gasteiger partial charge in [0.1, 0.15) is 17.5 Å². The summed E-state index contributed by atoms with van der Waals surface area (Å²) in [6.45, 7) is 0.304. The fraction of sp³-hybridized carbons (Fsp3) is 0.250. The van der Waals surface area contributed by atoms with Crippen molar-refractivity contribution in [1.29, 1.82) is 0 Å². The number of aromatic nitrogens is 2. The Hall–Kier alpha value is -3.23. The summed E-state index contributed by atoms with van der Waals surface area (Å²) in [5.41, 5.74) is 8.23. The number of likely N-dealkylation sites (N-methyl/N-ethyl adjacent to an activating group) is 1. The Balaban J connectivity index is 1.38. The van der Waals surface area contributed by atoms with Crippen LogP contribution >= 0.6 is 0 Å². The van der Waals surface area contributed by atoms with Crippen LogP contribution in [0.15, 0.2) is 59.3 Å². The van der Waals surface area contributed by atoms with Gasteiger partial charge in [0.15, 0.2) is 5.76 Å². The smallest absolute Gasteiger partial charge is 0.241 e. The predicted octanol–water partition coefficient (Wildman–Crippen LogP) is 2.01. The molecule has 0 spiro atoms. The van der Waals surface area contributed by atoms with Crippen LogP contribution in [-0.2, 0) is 11.3 Å². The van der Waals surface area contributed by atoms with Crippen LogP contribution in [-0.4, -0.2) is 39.1 Å². The van der Waals surface area contributed by atoms with Gasteiger partial charge in [0.05, 0.1) is 18.3 Å². The van der Waals surface area contributed by atoms with E-state index >= 15 is 0 Å². The molecule has 2 aromatic heterocycles. The zero-order valence-corrected chi connectivity index (χ0v) is 15.4. The quantitative estimate of drug-likeness (QED) is 0.623. The number of amides is 1. The lowest BCUT2D eigenvalue weighted by molar-refractivity contribution is -0.132. The van der Waals surface area contributed by atoms with Crippen molar-refractivity contribution < 1.29 is 14.4 Å². The molecule has 1 amide bonds. The maximum absolute atomic E-state index is 12.8. The minimum Gasteiger partial charge on any atom is -0.508 e. The number of rotatable bonds is 5. The molecule has 28 heavy (non-hydrogen) atoms. The van der Waals surface area contributed by atoms with Crippen molar-refractivity contribution in [2.24, 2.45) is 0 Å². The van der Waals surface area contributed by atoms with Gasteiger partial charge in [-0.15, -0.1) is 0 Å². The number of carbonyl (C=O) groups is 1. The Bertz CT molecular complexity index is 959. The van der Waals surface area contributed by atoms with E-state index in [4.69, 9.17) is 4.52 Å². The lowest BCUT2D eigenvalue weighted by Crippen LogP contribution is -2.43. The van der Waals surface area contributed by atoms with Gasteiger partial charge in [0, 0.05) is 24.9 Å². The molecule has 144 valence electrons. The van der Waals surface area contributed by atoms with Crippen LogP contribution in [0.4, 0.5) is 0 Å². The van der Waals surface area contributed by atoms with Gasteiger partial charge in [-0.2, -0.15) is 0 Å². The van der Waals surface area contributed by atoms with Crippen molar-refractivity contribution in [3.63, 3.8) is 0 Å². The molecule has 8 nitrogen and oxygen atoms in total. The van der Waals surface area contributed by atoms with Crippen LogP contribution in [0, 0.1) is 0 Å². The topological polar surface area (TPSA) is 104 Å². The molecule has 8 heteroatoms. The van der Waals surface area contributed by atoms with E-state index in [0.29, 0.717) is 24.4 Å². The SMILES string of the molecule is CN(Cc1cc(-c2ccccn2)no1)C(=O)C1CC(c2ccccc2O)NN1. The van der Waals surface area contributed by atoms with Crippen LogP contribution in [0.1, 0.15) is 23.8 Å². The third-order valence-corrected chi connectivity index (χ3v) is 4.77. The minimum atomic E-state index is -0.396. The molecule has 3 heterocycles. The predicted molar refractivity (Wildman–Crippen MR) is 102 cm³/mol. The first-order valence-electron chi connectivity index (χ1n) is 9.03. The van der Waals surface area contributed by atoms with Gasteiger partial charge in [-0.25, -0.2) is 10.9 Å². The van der Waals surface area contributed by atoms with Crippen molar-refractivity contribution in [3.05, 3.63) is 66.1 Å². The summed E-state index contributed by atoms with van der Waals surface area (Å²) < 4.78 is 5.36. The first-order valence-corrected chi connectivity index (χ1v) is 9.03. The van der Waals surface area contributed by atoms with E-state index in [0.717, 1.165) is 11.3 Å². The molecule has 0 aliphatic carbocycles. The van der Waals surface area contributed by atoms with E-state index in [1.165, 1.54) is 0 Å². The molecule has 1 aliphatic heterocycles. The van der Waals surface area contributed by atoms with E-state index in [-0.39, 0.29) is 17.7 Å². The Morgan fingerprint density at radius 1 is 1.21 bits per heavy atom. The van der Waals surface area contributed by atoms with E-state index in [1.54, 1.807) is 36.3 Å². The Kier molecular flexibility index (Phi) is 5.05. The van der Waals surface area contributed by atoms with Crippen LogP contribution in [0.3, 0.4) is 0 Å². The largest absolute Gasteiger partial charge is 0.508 e. The van der Waals surface area contributed by atoms with Crippen molar-refractivity contribution in [3.8, 4) is 17.1 Å². The van der Waals surface area contributed by atoms with Crippen LogP contribution in [0.5, 0.6) is 5.75 Å². The molecule has 1 aliphatic rings. The number of para-hydroxylation sites is 1. The number of carbonyl (C=O) groups excluding carboxylic acids is 1. The molecular weight excluding hydrogens is 358 g/mol. The minimum absolute atomic E-state index is 0.0683. The second-order valence-electron chi connectivity index (χ2n) is 6.78. The van der Waals surface area contributed by atoms with Gasteiger partial charge in [-0.3, -0.25) is 9.78 Å². The number of pyridine rings is 1. The van der Waals surface area contributed by atoms with Crippen LogP contribution < -0.4 is 10.9 Å². The summed E-state index contributed by atoms with van der Waals surface area (Å²) in [4.78, 5) is 18.6. The zero-order valence-electron chi connectivity index (χ0n) is 15.4. The lowest BCUT2D eigenvalue weighted by Gasteiger charge is -2.19. The molecule has 1 aromatic carbocycles. The average Bonchev–Trinajstić information content (AvgIpc) is 3.38. The Morgan fingerprint density at radius 2 is 2.04 bits per heavy atom.